The lowest BCUT2D eigenvalue weighted by Crippen LogP contribution is -2.43. The summed E-state index contributed by atoms with van der Waals surface area (Å²) >= 11 is 0. The van der Waals surface area contributed by atoms with E-state index in [0.29, 0.717) is 51.0 Å². The van der Waals surface area contributed by atoms with Gasteiger partial charge in [-0.1, -0.05) is 0 Å². The van der Waals surface area contributed by atoms with Gasteiger partial charge in [0.05, 0.1) is 5.56 Å². The molecule has 2 aliphatic heterocycles. The number of piperidine rings is 1. The van der Waals surface area contributed by atoms with Gasteiger partial charge in [0, 0.05) is 65.5 Å². The van der Waals surface area contributed by atoms with Crippen LogP contribution in [0.5, 0.6) is 0 Å². The number of Topliss-reactive ketones (excluding diaryl/α,β-unsaturated/α-hetero) is 1. The van der Waals surface area contributed by atoms with E-state index in [4.69, 9.17) is 0 Å². The molecule has 0 aromatic carbocycles. The van der Waals surface area contributed by atoms with Crippen LogP contribution < -0.4 is 0 Å². The van der Waals surface area contributed by atoms with Crippen molar-refractivity contribution in [1.82, 2.24) is 19.7 Å². The molecule has 3 amide bonds. The van der Waals surface area contributed by atoms with Crippen LogP contribution in [0.2, 0.25) is 0 Å². The molecule has 128 valence electrons. The van der Waals surface area contributed by atoms with Gasteiger partial charge in [-0.25, -0.2) is 4.79 Å². The zero-order valence-electron chi connectivity index (χ0n) is 14.1. The minimum atomic E-state index is -0.0563. The van der Waals surface area contributed by atoms with E-state index < -0.39 is 0 Å². The number of hydrogen-bond acceptors (Lipinski definition) is 4. The summed E-state index contributed by atoms with van der Waals surface area (Å²) < 4.78 is 0. The highest BCUT2D eigenvalue weighted by Gasteiger charge is 2.28. The summed E-state index contributed by atoms with van der Waals surface area (Å²) in [5.74, 6) is 0.157. The van der Waals surface area contributed by atoms with Gasteiger partial charge in [-0.15, -0.1) is 0 Å². The Morgan fingerprint density at radius 1 is 1.04 bits per heavy atom. The van der Waals surface area contributed by atoms with Crippen LogP contribution in [0.15, 0.2) is 12.4 Å². The fourth-order valence-corrected chi connectivity index (χ4v) is 3.25. The maximum Gasteiger partial charge on any atom is 0.319 e. The summed E-state index contributed by atoms with van der Waals surface area (Å²) in [5.41, 5.74) is 2.52. The van der Waals surface area contributed by atoms with E-state index in [1.165, 1.54) is 0 Å². The van der Waals surface area contributed by atoms with Gasteiger partial charge in [-0.3, -0.25) is 14.6 Å². The Kier molecular flexibility index (Phi) is 4.51. The number of aromatic nitrogens is 1. The number of urea groups is 1. The average Bonchev–Trinajstić information content (AvgIpc) is 2.60. The number of pyridine rings is 1. The number of hydrogen-bond donors (Lipinski definition) is 0. The Hall–Kier alpha value is -2.44. The van der Waals surface area contributed by atoms with Gasteiger partial charge in [-0.2, -0.15) is 0 Å². The molecule has 2 aliphatic rings. The van der Waals surface area contributed by atoms with E-state index in [2.05, 4.69) is 4.98 Å². The molecule has 1 aromatic heterocycles. The first-order valence-electron chi connectivity index (χ1n) is 8.20. The molecule has 0 unspecified atom stereocenters. The van der Waals surface area contributed by atoms with Crippen LogP contribution in [0.4, 0.5) is 4.79 Å². The Morgan fingerprint density at radius 2 is 1.71 bits per heavy atom. The number of carbonyl (C=O) groups is 3. The summed E-state index contributed by atoms with van der Waals surface area (Å²) in [6, 6.07) is -0.0353. The van der Waals surface area contributed by atoms with Crippen LogP contribution in [0.25, 0.3) is 0 Å². The second kappa shape index (κ2) is 6.59. The van der Waals surface area contributed by atoms with Crippen molar-refractivity contribution < 1.29 is 14.4 Å². The van der Waals surface area contributed by atoms with Gasteiger partial charge in [-0.05, 0) is 17.5 Å². The number of carbonyl (C=O) groups excluding carboxylic acids is 3. The number of fused-ring (bicyclic) bond motifs is 1. The van der Waals surface area contributed by atoms with Crippen molar-refractivity contribution in [3.63, 3.8) is 0 Å². The summed E-state index contributed by atoms with van der Waals surface area (Å²) in [6.07, 6.45) is 4.85. The fraction of sp³-hybridized carbons (Fsp3) is 0.529. The fourth-order valence-electron chi connectivity index (χ4n) is 3.25. The highest BCUT2D eigenvalue weighted by atomic mass is 16.2. The summed E-state index contributed by atoms with van der Waals surface area (Å²) in [6.45, 7) is 2.02. The number of likely N-dealkylation sites (tertiary alicyclic amines) is 1. The SMILES string of the molecule is CN(C)C(=O)N1CCc2c(cncc2C(=O)N2CCC(=O)CC2)C1. The molecule has 3 rings (SSSR count). The summed E-state index contributed by atoms with van der Waals surface area (Å²) in [4.78, 5) is 45.5. The van der Waals surface area contributed by atoms with Crippen LogP contribution in [-0.4, -0.2) is 71.1 Å². The van der Waals surface area contributed by atoms with Gasteiger partial charge in [0.25, 0.3) is 5.91 Å². The van der Waals surface area contributed by atoms with E-state index in [1.807, 2.05) is 0 Å². The maximum absolute atomic E-state index is 12.8. The lowest BCUT2D eigenvalue weighted by molar-refractivity contribution is -0.120. The molecule has 24 heavy (non-hydrogen) atoms. The third-order valence-electron chi connectivity index (χ3n) is 4.63. The molecule has 1 fully saturated rings. The van der Waals surface area contributed by atoms with E-state index in [9.17, 15) is 14.4 Å². The second-order valence-corrected chi connectivity index (χ2v) is 6.50. The zero-order valence-corrected chi connectivity index (χ0v) is 14.1. The van der Waals surface area contributed by atoms with Crippen LogP contribution >= 0.6 is 0 Å². The minimum Gasteiger partial charge on any atom is -0.338 e. The molecule has 3 heterocycles. The number of rotatable bonds is 1. The number of ketones is 1. The smallest absolute Gasteiger partial charge is 0.319 e. The number of amides is 3. The molecule has 7 heteroatoms. The first-order chi connectivity index (χ1) is 11.5. The molecule has 0 N–H and O–H groups in total. The number of nitrogens with zero attached hydrogens (tertiary/aromatic N) is 4. The van der Waals surface area contributed by atoms with Crippen molar-refractivity contribution in [2.24, 2.45) is 0 Å². The largest absolute Gasteiger partial charge is 0.338 e. The molecule has 0 saturated carbocycles. The third-order valence-corrected chi connectivity index (χ3v) is 4.63. The average molecular weight is 330 g/mol. The van der Waals surface area contributed by atoms with E-state index >= 15 is 0 Å². The van der Waals surface area contributed by atoms with Crippen molar-refractivity contribution in [1.29, 1.82) is 0 Å². The summed E-state index contributed by atoms with van der Waals surface area (Å²) in [7, 11) is 3.46. The molecule has 1 aromatic rings. The van der Waals surface area contributed by atoms with Crippen molar-refractivity contribution in [2.75, 3.05) is 33.7 Å². The first kappa shape index (κ1) is 16.4. The molecule has 1 saturated heterocycles. The molecule has 0 radical (unpaired) electrons. The molecule has 0 bridgehead atoms. The van der Waals surface area contributed by atoms with Crippen molar-refractivity contribution in [3.8, 4) is 0 Å². The quantitative estimate of drug-likeness (QED) is 0.768. The predicted molar refractivity (Wildman–Crippen MR) is 87.6 cm³/mol. The highest BCUT2D eigenvalue weighted by molar-refractivity contribution is 5.97. The Bertz CT molecular complexity index is 676. The van der Waals surface area contributed by atoms with Crippen molar-refractivity contribution in [2.45, 2.75) is 25.8 Å². The molecule has 0 spiro atoms. The van der Waals surface area contributed by atoms with E-state index in [-0.39, 0.29) is 17.7 Å². The van der Waals surface area contributed by atoms with Crippen LogP contribution in [0, 0.1) is 0 Å². The van der Waals surface area contributed by atoms with Gasteiger partial charge >= 0.3 is 6.03 Å². The Morgan fingerprint density at radius 3 is 2.38 bits per heavy atom. The lowest BCUT2D eigenvalue weighted by atomic mass is 9.96. The Labute approximate surface area is 141 Å². The topological polar surface area (TPSA) is 73.8 Å². The standard InChI is InChI=1S/C17H22N4O3/c1-19(2)17(24)21-8-5-14-12(11-21)9-18-10-15(14)16(23)20-6-3-13(22)4-7-20/h9-10H,3-8,11H2,1-2H3. The van der Waals surface area contributed by atoms with Gasteiger partial charge in [0.15, 0.2) is 0 Å². The van der Waals surface area contributed by atoms with E-state index in [1.54, 1.807) is 41.2 Å². The molecular weight excluding hydrogens is 308 g/mol. The Balaban J connectivity index is 1.80. The summed E-state index contributed by atoms with van der Waals surface area (Å²) in [5, 5.41) is 0. The minimum absolute atomic E-state index is 0.0353. The molecule has 0 aliphatic carbocycles. The monoisotopic (exact) mass is 330 g/mol. The zero-order chi connectivity index (χ0) is 17.3. The van der Waals surface area contributed by atoms with Crippen molar-refractivity contribution in [3.05, 3.63) is 29.1 Å². The molecular formula is C17H22N4O3. The van der Waals surface area contributed by atoms with Crippen LogP contribution in [-0.2, 0) is 17.8 Å². The predicted octanol–water partition coefficient (Wildman–Crippen LogP) is 0.926. The van der Waals surface area contributed by atoms with Gasteiger partial charge in [0.2, 0.25) is 0 Å². The lowest BCUT2D eigenvalue weighted by Gasteiger charge is -2.32. The first-order valence-corrected chi connectivity index (χ1v) is 8.20. The van der Waals surface area contributed by atoms with Crippen molar-refractivity contribution >= 4 is 17.7 Å². The second-order valence-electron chi connectivity index (χ2n) is 6.50. The maximum atomic E-state index is 12.8. The van der Waals surface area contributed by atoms with Crippen LogP contribution in [0.3, 0.4) is 0 Å². The van der Waals surface area contributed by atoms with Crippen LogP contribution in [0.1, 0.15) is 34.3 Å². The molecule has 7 nitrogen and oxygen atoms in total. The molecule has 0 atom stereocenters. The third kappa shape index (κ3) is 3.11. The van der Waals surface area contributed by atoms with Gasteiger partial charge in [0.1, 0.15) is 5.78 Å². The normalized spacial score (nSPS) is 17.5. The highest BCUT2D eigenvalue weighted by Crippen LogP contribution is 2.24. The van der Waals surface area contributed by atoms with E-state index in [0.717, 1.165) is 11.1 Å². The van der Waals surface area contributed by atoms with Gasteiger partial charge < -0.3 is 14.7 Å².